The third kappa shape index (κ3) is 23.7. The van der Waals surface area contributed by atoms with Crippen LogP contribution in [0.3, 0.4) is 0 Å². The van der Waals surface area contributed by atoms with Gasteiger partial charge in [0, 0.05) is 27.6 Å². The first-order valence-electron chi connectivity index (χ1n) is 15.1. The molecule has 1 heterocycles. The topological polar surface area (TPSA) is 102 Å². The quantitative estimate of drug-likeness (QED) is 0.0259. The number of carbonyl (C=O) groups excluding carboxylic acids is 2. The predicted octanol–water partition coefficient (Wildman–Crippen LogP) is 6.36. The molecular formula is C39H41BrCl3K2N5O2S4. The molecule has 3 N–H and O–H groups in total. The van der Waals surface area contributed by atoms with E-state index in [0.29, 0.717) is 27.0 Å². The zero-order valence-corrected chi connectivity index (χ0v) is 43.3. The van der Waals surface area contributed by atoms with E-state index in [2.05, 4.69) is 85.8 Å². The molecule has 0 aliphatic rings. The Labute approximate surface area is 460 Å². The molecule has 0 bridgehead atoms. The van der Waals surface area contributed by atoms with Crippen LogP contribution >= 0.6 is 73.8 Å². The number of para-hydroxylation sites is 1. The van der Waals surface area contributed by atoms with Crippen LogP contribution in [0.2, 0.25) is 10.0 Å². The summed E-state index contributed by atoms with van der Waals surface area (Å²) in [5, 5.41) is 7.88. The minimum atomic E-state index is -0.294. The molecule has 0 aliphatic heterocycles. The molecule has 1 amide bonds. The maximum absolute atomic E-state index is 12.5. The number of benzene rings is 4. The van der Waals surface area contributed by atoms with Gasteiger partial charge in [-0.2, -0.15) is 10.9 Å². The fourth-order valence-electron chi connectivity index (χ4n) is 3.96. The number of Topliss-reactive ketones (excluding diaryl/α,β-unsaturated/α-hetero) is 1. The number of nitrogens with one attached hydrogen (secondary N) is 1. The zero-order valence-electron chi connectivity index (χ0n) is 29.9. The van der Waals surface area contributed by atoms with Crippen LogP contribution < -0.4 is 114 Å². The number of aromatic nitrogens is 1. The van der Waals surface area contributed by atoms with Crippen LogP contribution in [0.15, 0.2) is 107 Å². The summed E-state index contributed by atoms with van der Waals surface area (Å²) >= 11 is 32.2. The van der Waals surface area contributed by atoms with E-state index >= 15 is 0 Å². The molecule has 0 unspecified atom stereocenters. The van der Waals surface area contributed by atoms with Crippen molar-refractivity contribution in [3.05, 3.63) is 151 Å². The van der Waals surface area contributed by atoms with Gasteiger partial charge in [-0.15, -0.1) is 27.9 Å². The van der Waals surface area contributed by atoms with Gasteiger partial charge in [0.05, 0.1) is 16.6 Å². The van der Waals surface area contributed by atoms with Crippen molar-refractivity contribution in [1.29, 1.82) is 0 Å². The van der Waals surface area contributed by atoms with Gasteiger partial charge in [-0.05, 0) is 53.8 Å². The molecule has 288 valence electrons. The molecule has 4 aromatic carbocycles. The van der Waals surface area contributed by atoms with Crippen molar-refractivity contribution in [2.75, 3.05) is 16.9 Å². The number of anilines is 2. The van der Waals surface area contributed by atoms with Gasteiger partial charge in [-0.3, -0.25) is 9.59 Å². The van der Waals surface area contributed by atoms with Crippen molar-refractivity contribution in [2.45, 2.75) is 50.5 Å². The zero-order chi connectivity index (χ0) is 38.5. The average Bonchev–Trinajstić information content (AvgIpc) is 3.52. The van der Waals surface area contributed by atoms with Gasteiger partial charge < -0.3 is 36.3 Å². The Bertz CT molecular complexity index is 1930. The Morgan fingerprint density at radius 1 is 0.893 bits per heavy atom. The van der Waals surface area contributed by atoms with Crippen molar-refractivity contribution in [2.24, 2.45) is 5.10 Å². The molecule has 7 nitrogen and oxygen atoms in total. The first-order chi connectivity index (χ1) is 24.9. The number of rotatable bonds is 9. The number of aryl methyl sites for hydroxylation is 2. The number of hydrogen-bond donors (Lipinski definition) is 2. The molecular weight excluding hydrogens is 963 g/mol. The van der Waals surface area contributed by atoms with Crippen LogP contribution in [0.4, 0.5) is 11.5 Å². The van der Waals surface area contributed by atoms with Crippen LogP contribution in [0.5, 0.6) is 0 Å². The number of carbonyl (C=O) groups is 2. The van der Waals surface area contributed by atoms with Gasteiger partial charge in [-0.1, -0.05) is 151 Å². The minimum Gasteiger partial charge on any atom is -0.782 e. The normalized spacial score (nSPS) is 9.02. The fourth-order valence-corrected chi connectivity index (χ4v) is 6.99. The van der Waals surface area contributed by atoms with Crippen molar-refractivity contribution >= 4 is 127 Å². The molecule has 0 radical (unpaired) electrons. The second kappa shape index (κ2) is 34.7. The van der Waals surface area contributed by atoms with Crippen molar-refractivity contribution in [3.8, 4) is 0 Å². The maximum atomic E-state index is 12.5. The number of amides is 1. The van der Waals surface area contributed by atoms with E-state index in [1.165, 1.54) is 22.5 Å². The minimum absolute atomic E-state index is 0. The predicted molar refractivity (Wildman–Crippen MR) is 244 cm³/mol. The van der Waals surface area contributed by atoms with Crippen LogP contribution in [0.1, 0.15) is 52.3 Å². The van der Waals surface area contributed by atoms with Crippen LogP contribution in [0, 0.1) is 20.4 Å². The molecule has 5 rings (SSSR count). The summed E-state index contributed by atoms with van der Waals surface area (Å²) in [5.74, 6) is 0.766. The third-order valence-corrected chi connectivity index (χ3v) is 10.6. The average molecular weight is 1000 g/mol. The van der Waals surface area contributed by atoms with E-state index in [1.54, 1.807) is 23.9 Å². The fraction of sp³-hybridized carbons (Fsp3) is 0.205. The number of nitrogens with zero attached hydrogens (tertiary/aromatic N) is 3. The summed E-state index contributed by atoms with van der Waals surface area (Å²) in [4.78, 5) is 30.9. The van der Waals surface area contributed by atoms with E-state index in [-0.39, 0.29) is 145 Å². The van der Waals surface area contributed by atoms with Gasteiger partial charge in [-0.25, -0.2) is 4.98 Å². The number of thioether (sulfide) groups is 1. The van der Waals surface area contributed by atoms with Crippen molar-refractivity contribution < 1.29 is 112 Å². The smallest absolute Gasteiger partial charge is 0.782 e. The standard InChI is InChI=1S/C18H16ClN3OS2.C10H10Cl2O.C7H7Br.C2H2N2S2.2CH4.2K/c1-11-6-5-9-13(19)14(11)21-17(23)15-16(20)22-18(25-15)24-10-12-7-3-2-4-8-12;1-7-3-2-4-10(12)9(7)5-8(13)6-11;8-6-7-4-2-1-3-5-7;1-3-4-2(5)6;;;;/h2-9H,10,20H2,1H3,(H,21,23);2-4H,5-6H2,1H3;1-5H,6H2;(H2,4,5,6);2*1H4;;/q;;;;;;2*+1/p-2. The monoisotopic (exact) mass is 1000 g/mol. The largest absolute Gasteiger partial charge is 1.00 e. The summed E-state index contributed by atoms with van der Waals surface area (Å²) in [7, 11) is 0. The molecule has 0 fully saturated rings. The number of ketones is 1. The van der Waals surface area contributed by atoms with E-state index in [9.17, 15) is 9.59 Å². The van der Waals surface area contributed by atoms with E-state index in [4.69, 9.17) is 47.1 Å². The van der Waals surface area contributed by atoms with Crippen LogP contribution in [0.25, 0.3) is 4.95 Å². The second-order valence-electron chi connectivity index (χ2n) is 10.3. The summed E-state index contributed by atoms with van der Waals surface area (Å²) in [6.45, 7) is 9.86. The second-order valence-corrected chi connectivity index (χ2v) is 15.2. The first kappa shape index (κ1) is 60.3. The SMILES string of the molecule is BrCc1ccccc1.C.C.Cc1cccc(Cl)c1CC(=O)CCl.Cc1cccc(Cl)c1NC(=O)c1sc(SCc2ccccc2)nc1N.[C-]#[N+]N=C([S-])[S-].[K+].[K+]. The van der Waals surface area contributed by atoms with Gasteiger partial charge in [0.2, 0.25) is 0 Å². The van der Waals surface area contributed by atoms with E-state index in [1.807, 2.05) is 74.5 Å². The van der Waals surface area contributed by atoms with Crippen LogP contribution in [-0.2, 0) is 47.6 Å². The molecule has 17 heteroatoms. The molecule has 5 aromatic rings. The number of nitrogen functional groups attached to an aromatic ring is 1. The Morgan fingerprint density at radius 2 is 1.43 bits per heavy atom. The number of hydrogen-bond acceptors (Lipinski definition) is 9. The Balaban J connectivity index is -0.000000763. The summed E-state index contributed by atoms with van der Waals surface area (Å²) in [6.07, 6.45) is 0.328. The first-order valence-corrected chi connectivity index (χ1v) is 20.1. The van der Waals surface area contributed by atoms with Gasteiger partial charge in [0.25, 0.3) is 5.91 Å². The maximum Gasteiger partial charge on any atom is 1.00 e. The number of halogens is 4. The third-order valence-electron chi connectivity index (χ3n) is 6.51. The van der Waals surface area contributed by atoms with Gasteiger partial charge in [0.1, 0.15) is 10.7 Å². The molecule has 0 saturated heterocycles. The van der Waals surface area contributed by atoms with Gasteiger partial charge in [0.15, 0.2) is 10.1 Å². The Kier molecular flexibility index (Phi) is 37.4. The number of nitrogens with two attached hydrogens (primary N) is 1. The molecule has 0 saturated carbocycles. The molecule has 0 atom stereocenters. The van der Waals surface area contributed by atoms with Crippen molar-refractivity contribution in [1.82, 2.24) is 4.98 Å². The summed E-state index contributed by atoms with van der Waals surface area (Å²) in [6, 6.07) is 31.4. The van der Waals surface area contributed by atoms with E-state index < -0.39 is 0 Å². The summed E-state index contributed by atoms with van der Waals surface area (Å²) in [5.41, 5.74) is 11.9. The Hall–Kier alpha value is 0.0227. The van der Waals surface area contributed by atoms with Gasteiger partial charge >= 0.3 is 103 Å². The van der Waals surface area contributed by atoms with Crippen LogP contribution in [-0.4, -0.2) is 26.9 Å². The van der Waals surface area contributed by atoms with E-state index in [0.717, 1.165) is 32.1 Å². The molecule has 0 spiro atoms. The number of alkyl halides is 2. The van der Waals surface area contributed by atoms with Crippen molar-refractivity contribution in [3.63, 3.8) is 0 Å². The summed E-state index contributed by atoms with van der Waals surface area (Å²) < 4.78 is 0.743. The number of thiazole rings is 1. The Morgan fingerprint density at radius 3 is 1.88 bits per heavy atom. The molecule has 0 aliphatic carbocycles. The molecule has 1 aromatic heterocycles. The molecule has 56 heavy (non-hydrogen) atoms.